The van der Waals surface area contributed by atoms with Gasteiger partial charge in [-0.1, -0.05) is 12.1 Å². The molecule has 1 fully saturated rings. The predicted molar refractivity (Wildman–Crippen MR) is 101 cm³/mol. The van der Waals surface area contributed by atoms with Crippen LogP contribution in [0.2, 0.25) is 0 Å². The van der Waals surface area contributed by atoms with Crippen molar-refractivity contribution in [1.82, 2.24) is 4.90 Å². The Labute approximate surface area is 153 Å². The van der Waals surface area contributed by atoms with Crippen LogP contribution in [0.3, 0.4) is 0 Å². The molecule has 26 heavy (non-hydrogen) atoms. The Hall–Kier alpha value is -3.04. The molecule has 0 unspecified atom stereocenters. The number of benzene rings is 2. The van der Waals surface area contributed by atoms with Gasteiger partial charge in [-0.05, 0) is 43.3 Å². The lowest BCUT2D eigenvalue weighted by molar-refractivity contribution is -0.120. The number of nitrogens with zero attached hydrogens (tertiary/aromatic N) is 3. The van der Waals surface area contributed by atoms with Crippen molar-refractivity contribution in [2.24, 2.45) is 0 Å². The monoisotopic (exact) mass is 350 g/mol. The van der Waals surface area contributed by atoms with Crippen LogP contribution >= 0.6 is 0 Å². The summed E-state index contributed by atoms with van der Waals surface area (Å²) >= 11 is 0. The van der Waals surface area contributed by atoms with Crippen LogP contribution in [0.1, 0.15) is 12.5 Å². The van der Waals surface area contributed by atoms with Gasteiger partial charge in [0.1, 0.15) is 5.75 Å². The van der Waals surface area contributed by atoms with Crippen LogP contribution in [0.15, 0.2) is 48.5 Å². The maximum Gasteiger partial charge on any atom is 0.241 e. The lowest BCUT2D eigenvalue weighted by Crippen LogP contribution is -2.52. The van der Waals surface area contributed by atoms with E-state index in [0.717, 1.165) is 31.9 Å². The van der Waals surface area contributed by atoms with Crippen molar-refractivity contribution in [2.45, 2.75) is 13.0 Å². The van der Waals surface area contributed by atoms with Crippen molar-refractivity contribution in [1.29, 1.82) is 5.26 Å². The first-order valence-electron chi connectivity index (χ1n) is 8.66. The quantitative estimate of drug-likeness (QED) is 0.885. The van der Waals surface area contributed by atoms with Crippen LogP contribution < -0.4 is 10.2 Å². The fourth-order valence-corrected chi connectivity index (χ4v) is 3.12. The number of rotatable bonds is 4. The minimum Gasteiger partial charge on any atom is -0.506 e. The molecule has 1 heterocycles. The normalized spacial score (nSPS) is 15.9. The molecule has 2 aromatic rings. The summed E-state index contributed by atoms with van der Waals surface area (Å²) in [6.45, 7) is 4.90. The topological polar surface area (TPSA) is 79.6 Å². The third-order valence-corrected chi connectivity index (χ3v) is 4.75. The first-order chi connectivity index (χ1) is 12.6. The molecular formula is C20H22N4O2. The van der Waals surface area contributed by atoms with E-state index in [1.807, 2.05) is 25.1 Å². The molecule has 2 N–H and O–H groups in total. The average molecular weight is 350 g/mol. The molecule has 0 bridgehead atoms. The van der Waals surface area contributed by atoms with Crippen LogP contribution in [-0.2, 0) is 4.79 Å². The van der Waals surface area contributed by atoms with Crippen LogP contribution in [0, 0.1) is 11.3 Å². The zero-order valence-corrected chi connectivity index (χ0v) is 14.7. The van der Waals surface area contributed by atoms with Crippen LogP contribution in [0.5, 0.6) is 5.75 Å². The maximum atomic E-state index is 12.5. The second-order valence-corrected chi connectivity index (χ2v) is 6.37. The number of nitriles is 1. The van der Waals surface area contributed by atoms with E-state index in [1.54, 1.807) is 30.3 Å². The maximum absolute atomic E-state index is 12.5. The third kappa shape index (κ3) is 3.95. The van der Waals surface area contributed by atoms with Crippen molar-refractivity contribution in [3.8, 4) is 11.8 Å². The summed E-state index contributed by atoms with van der Waals surface area (Å²) in [6.07, 6.45) is 0. The molecule has 0 saturated carbocycles. The van der Waals surface area contributed by atoms with Crippen molar-refractivity contribution >= 4 is 17.3 Å². The van der Waals surface area contributed by atoms with Crippen molar-refractivity contribution in [3.63, 3.8) is 0 Å². The molecule has 1 saturated heterocycles. The van der Waals surface area contributed by atoms with Gasteiger partial charge in [-0.15, -0.1) is 0 Å². The Morgan fingerprint density at radius 3 is 2.38 bits per heavy atom. The van der Waals surface area contributed by atoms with E-state index >= 15 is 0 Å². The third-order valence-electron chi connectivity index (χ3n) is 4.75. The minimum absolute atomic E-state index is 0.0642. The summed E-state index contributed by atoms with van der Waals surface area (Å²) in [5, 5.41) is 21.7. The number of anilines is 2. The molecule has 1 aliphatic rings. The highest BCUT2D eigenvalue weighted by atomic mass is 16.3. The van der Waals surface area contributed by atoms with Gasteiger partial charge in [0.25, 0.3) is 0 Å². The number of nitrogens with one attached hydrogen (secondary N) is 1. The van der Waals surface area contributed by atoms with E-state index < -0.39 is 0 Å². The molecule has 134 valence electrons. The predicted octanol–water partition coefficient (Wildman–Crippen LogP) is 2.41. The van der Waals surface area contributed by atoms with Crippen LogP contribution in [-0.4, -0.2) is 48.1 Å². The first kappa shape index (κ1) is 17.8. The highest BCUT2D eigenvalue weighted by Gasteiger charge is 2.26. The molecule has 6 heteroatoms. The molecule has 1 amide bonds. The molecule has 2 aromatic carbocycles. The Morgan fingerprint density at radius 2 is 1.77 bits per heavy atom. The Morgan fingerprint density at radius 1 is 1.12 bits per heavy atom. The number of hydrogen-bond acceptors (Lipinski definition) is 5. The Kier molecular flexibility index (Phi) is 5.40. The fraction of sp³-hybridized carbons (Fsp3) is 0.300. The molecular weight excluding hydrogens is 328 g/mol. The molecule has 3 rings (SSSR count). The smallest absolute Gasteiger partial charge is 0.241 e. The second kappa shape index (κ2) is 7.89. The molecule has 1 atom stereocenters. The molecule has 0 radical (unpaired) electrons. The summed E-state index contributed by atoms with van der Waals surface area (Å²) < 4.78 is 0. The first-order valence-corrected chi connectivity index (χ1v) is 8.66. The van der Waals surface area contributed by atoms with Gasteiger partial charge in [0.05, 0.1) is 23.4 Å². The zero-order valence-electron chi connectivity index (χ0n) is 14.7. The van der Waals surface area contributed by atoms with E-state index in [1.165, 1.54) is 0 Å². The van der Waals surface area contributed by atoms with Gasteiger partial charge < -0.3 is 15.3 Å². The van der Waals surface area contributed by atoms with E-state index in [-0.39, 0.29) is 17.7 Å². The summed E-state index contributed by atoms with van der Waals surface area (Å²) in [6, 6.07) is 16.0. The van der Waals surface area contributed by atoms with E-state index in [4.69, 9.17) is 5.26 Å². The fourth-order valence-electron chi connectivity index (χ4n) is 3.12. The number of aromatic hydroxyl groups is 1. The number of piperazine rings is 1. The van der Waals surface area contributed by atoms with Crippen LogP contribution in [0.4, 0.5) is 11.4 Å². The van der Waals surface area contributed by atoms with Crippen molar-refractivity contribution < 1.29 is 9.90 Å². The van der Waals surface area contributed by atoms with Gasteiger partial charge in [-0.2, -0.15) is 5.26 Å². The van der Waals surface area contributed by atoms with Gasteiger partial charge in [0.2, 0.25) is 5.91 Å². The minimum atomic E-state index is -0.253. The number of amides is 1. The van der Waals surface area contributed by atoms with E-state index in [9.17, 15) is 9.90 Å². The number of phenols is 1. The molecule has 6 nitrogen and oxygen atoms in total. The standard InChI is InChI=1S/C20H22N4O2/c1-15(20(26)22-17-8-6-16(14-21)7-9-17)23-10-12-24(13-11-23)18-4-2-3-5-19(18)25/h2-9,15,25H,10-13H2,1H3,(H,22,26)/t15-/m0/s1. The second-order valence-electron chi connectivity index (χ2n) is 6.37. The van der Waals surface area contributed by atoms with Crippen LogP contribution in [0.25, 0.3) is 0 Å². The summed E-state index contributed by atoms with van der Waals surface area (Å²) in [5.41, 5.74) is 2.09. The van der Waals surface area contributed by atoms with Crippen molar-refractivity contribution in [2.75, 3.05) is 36.4 Å². The Balaban J connectivity index is 1.55. The SMILES string of the molecule is C[C@@H](C(=O)Nc1ccc(C#N)cc1)N1CCN(c2ccccc2O)CC1. The number of carbonyl (C=O) groups is 1. The van der Waals surface area contributed by atoms with Gasteiger partial charge in [0.15, 0.2) is 0 Å². The highest BCUT2D eigenvalue weighted by molar-refractivity contribution is 5.94. The highest BCUT2D eigenvalue weighted by Crippen LogP contribution is 2.27. The number of phenolic OH excluding ortho intramolecular Hbond substituents is 1. The Bertz CT molecular complexity index is 805. The largest absolute Gasteiger partial charge is 0.506 e. The summed E-state index contributed by atoms with van der Waals surface area (Å²) in [7, 11) is 0. The lowest BCUT2D eigenvalue weighted by Gasteiger charge is -2.38. The van der Waals surface area contributed by atoms with E-state index in [0.29, 0.717) is 11.3 Å². The average Bonchev–Trinajstić information content (AvgIpc) is 2.68. The summed E-state index contributed by atoms with van der Waals surface area (Å²) in [5.74, 6) is 0.221. The zero-order chi connectivity index (χ0) is 18.5. The number of para-hydroxylation sites is 2. The number of hydrogen-bond donors (Lipinski definition) is 2. The van der Waals surface area contributed by atoms with E-state index in [2.05, 4.69) is 21.2 Å². The van der Waals surface area contributed by atoms with Gasteiger partial charge in [-0.25, -0.2) is 0 Å². The van der Waals surface area contributed by atoms with Gasteiger partial charge in [-0.3, -0.25) is 9.69 Å². The van der Waals surface area contributed by atoms with Gasteiger partial charge in [0, 0.05) is 31.9 Å². The lowest BCUT2D eigenvalue weighted by atomic mass is 10.1. The number of carbonyl (C=O) groups excluding carboxylic acids is 1. The molecule has 1 aliphatic heterocycles. The summed E-state index contributed by atoms with van der Waals surface area (Å²) in [4.78, 5) is 16.8. The molecule has 0 aromatic heterocycles. The molecule has 0 spiro atoms. The van der Waals surface area contributed by atoms with Crippen molar-refractivity contribution in [3.05, 3.63) is 54.1 Å². The van der Waals surface area contributed by atoms with Gasteiger partial charge >= 0.3 is 0 Å². The molecule has 0 aliphatic carbocycles.